The number of carbonyl (C=O) groups is 2. The lowest BCUT2D eigenvalue weighted by molar-refractivity contribution is -0.135. The first-order chi connectivity index (χ1) is 15.8. The van der Waals surface area contributed by atoms with Crippen LogP contribution in [0.25, 0.3) is 5.82 Å². The second kappa shape index (κ2) is 9.13. The largest absolute Gasteiger partial charge is 0.444 e. The molecule has 2 amide bonds. The minimum absolute atomic E-state index is 0.0114. The van der Waals surface area contributed by atoms with Gasteiger partial charge in [0.25, 0.3) is 0 Å². The van der Waals surface area contributed by atoms with E-state index >= 15 is 0 Å². The van der Waals surface area contributed by atoms with E-state index < -0.39 is 18.0 Å². The molecule has 1 atom stereocenters. The maximum Gasteiger partial charge on any atom is 0.244 e. The van der Waals surface area contributed by atoms with Crippen LogP contribution in [0.15, 0.2) is 27.9 Å². The Kier molecular flexibility index (Phi) is 6.26. The van der Waals surface area contributed by atoms with Crippen molar-refractivity contribution in [1.82, 2.24) is 30.3 Å². The Bertz CT molecular complexity index is 1240. The number of hydrogen-bond acceptors (Lipinski definition) is 10. The molecule has 1 unspecified atom stereocenters. The average Bonchev–Trinajstić information content (AvgIpc) is 3.46. The van der Waals surface area contributed by atoms with Crippen molar-refractivity contribution in [3.8, 4) is 5.82 Å². The van der Waals surface area contributed by atoms with Crippen LogP contribution in [0.5, 0.6) is 0 Å². The SMILES string of the molecule is COCc1c(C2OC(c3c(Cl)cccc3Cl)=NN2C(C)=O)nnn1-c1nonc1NC(C)=O. The molecule has 1 aliphatic rings. The molecule has 33 heavy (non-hydrogen) atoms. The van der Waals surface area contributed by atoms with Crippen molar-refractivity contribution >= 4 is 46.7 Å². The number of nitrogens with one attached hydrogen (secondary N) is 1. The Labute approximate surface area is 196 Å². The van der Waals surface area contributed by atoms with E-state index in [4.69, 9.17) is 37.3 Å². The molecule has 0 saturated heterocycles. The number of rotatable bonds is 6. The van der Waals surface area contributed by atoms with Gasteiger partial charge in [-0.15, -0.1) is 10.2 Å². The second-order valence-corrected chi connectivity index (χ2v) is 7.53. The molecule has 1 aliphatic heterocycles. The maximum atomic E-state index is 12.4. The monoisotopic (exact) mass is 494 g/mol. The minimum Gasteiger partial charge on any atom is -0.444 e. The lowest BCUT2D eigenvalue weighted by atomic mass is 10.2. The van der Waals surface area contributed by atoms with Gasteiger partial charge in [-0.1, -0.05) is 34.5 Å². The number of nitrogens with zero attached hydrogens (tertiary/aromatic N) is 7. The zero-order chi connectivity index (χ0) is 23.7. The Balaban J connectivity index is 1.77. The van der Waals surface area contributed by atoms with Crippen LogP contribution in [0.1, 0.15) is 37.0 Å². The summed E-state index contributed by atoms with van der Waals surface area (Å²) in [6.45, 7) is 2.60. The van der Waals surface area contributed by atoms with E-state index in [1.165, 1.54) is 25.6 Å². The van der Waals surface area contributed by atoms with Gasteiger partial charge in [-0.05, 0) is 22.4 Å². The zero-order valence-corrected chi connectivity index (χ0v) is 19.0. The van der Waals surface area contributed by atoms with Crippen LogP contribution in [0, 0.1) is 0 Å². The normalized spacial score (nSPS) is 15.4. The number of halogens is 2. The van der Waals surface area contributed by atoms with Crippen LogP contribution in [-0.4, -0.2) is 55.1 Å². The first-order valence-electron chi connectivity index (χ1n) is 9.35. The van der Waals surface area contributed by atoms with E-state index in [1.807, 2.05) is 0 Å². The van der Waals surface area contributed by atoms with Crippen molar-refractivity contribution in [2.75, 3.05) is 12.4 Å². The van der Waals surface area contributed by atoms with Crippen LogP contribution in [0.4, 0.5) is 5.82 Å². The van der Waals surface area contributed by atoms with Crippen molar-refractivity contribution in [3.05, 3.63) is 45.2 Å². The zero-order valence-electron chi connectivity index (χ0n) is 17.4. The molecule has 2 aromatic heterocycles. The number of benzene rings is 1. The van der Waals surface area contributed by atoms with E-state index in [9.17, 15) is 9.59 Å². The number of ether oxygens (including phenoxy) is 2. The summed E-state index contributed by atoms with van der Waals surface area (Å²) in [5.41, 5.74) is 0.868. The van der Waals surface area contributed by atoms with Crippen LogP contribution in [-0.2, 0) is 25.7 Å². The lowest BCUT2D eigenvalue weighted by Gasteiger charge is -2.18. The van der Waals surface area contributed by atoms with Gasteiger partial charge in [0.15, 0.2) is 5.69 Å². The molecule has 0 saturated carbocycles. The van der Waals surface area contributed by atoms with Crippen molar-refractivity contribution in [3.63, 3.8) is 0 Å². The third kappa shape index (κ3) is 4.25. The second-order valence-electron chi connectivity index (χ2n) is 6.72. The summed E-state index contributed by atoms with van der Waals surface area (Å²) in [6.07, 6.45) is -1.10. The number of carbonyl (C=O) groups excluding carboxylic acids is 2. The van der Waals surface area contributed by atoms with Gasteiger partial charge < -0.3 is 14.8 Å². The topological polar surface area (TPSA) is 150 Å². The Morgan fingerprint density at radius 1 is 1.21 bits per heavy atom. The number of amides is 2. The van der Waals surface area contributed by atoms with Gasteiger partial charge in [0.2, 0.25) is 35.6 Å². The minimum atomic E-state index is -1.10. The molecule has 3 aromatic rings. The average molecular weight is 495 g/mol. The Morgan fingerprint density at radius 3 is 2.58 bits per heavy atom. The Morgan fingerprint density at radius 2 is 1.94 bits per heavy atom. The lowest BCUT2D eigenvalue weighted by Crippen LogP contribution is -2.26. The Hall–Kier alpha value is -3.55. The third-order valence-electron chi connectivity index (χ3n) is 4.42. The van der Waals surface area contributed by atoms with Gasteiger partial charge in [-0.3, -0.25) is 9.59 Å². The predicted octanol–water partition coefficient (Wildman–Crippen LogP) is 2.30. The van der Waals surface area contributed by atoms with Crippen molar-refractivity contribution in [2.45, 2.75) is 26.7 Å². The molecule has 0 bridgehead atoms. The number of hydrogen-bond donors (Lipinski definition) is 1. The number of aromatic nitrogens is 5. The highest BCUT2D eigenvalue weighted by atomic mass is 35.5. The summed E-state index contributed by atoms with van der Waals surface area (Å²) in [5.74, 6) is -0.716. The molecule has 0 fully saturated rings. The van der Waals surface area contributed by atoms with Gasteiger partial charge in [0.1, 0.15) is 5.69 Å². The van der Waals surface area contributed by atoms with Crippen LogP contribution >= 0.6 is 23.2 Å². The predicted molar refractivity (Wildman–Crippen MR) is 114 cm³/mol. The van der Waals surface area contributed by atoms with E-state index in [2.05, 4.69) is 31.0 Å². The molecular weight excluding hydrogens is 479 g/mol. The molecule has 0 spiro atoms. The first-order valence-corrected chi connectivity index (χ1v) is 10.1. The number of hydrazone groups is 1. The van der Waals surface area contributed by atoms with Crippen LogP contribution in [0.2, 0.25) is 10.0 Å². The molecule has 172 valence electrons. The fraction of sp³-hybridized carbons (Fsp3) is 0.278. The fourth-order valence-electron chi connectivity index (χ4n) is 3.06. The summed E-state index contributed by atoms with van der Waals surface area (Å²) >= 11 is 12.6. The van der Waals surface area contributed by atoms with Gasteiger partial charge in [-0.2, -0.15) is 9.69 Å². The van der Waals surface area contributed by atoms with E-state index in [1.54, 1.807) is 18.2 Å². The highest BCUT2D eigenvalue weighted by molar-refractivity contribution is 6.39. The van der Waals surface area contributed by atoms with Crippen LogP contribution in [0.3, 0.4) is 0 Å². The standard InChI is InChI=1S/C18H16Cl2N8O5/c1-8(29)21-15-16(25-33-24-15)28-12(7-31-3)14(22-26-28)18-27(9(2)30)23-17(32-18)13-10(19)5-4-6-11(13)20/h4-6,18H,7H2,1-3H3,(H,21,24,29). The quantitative estimate of drug-likeness (QED) is 0.543. The molecule has 3 heterocycles. The molecule has 4 rings (SSSR count). The summed E-state index contributed by atoms with van der Waals surface area (Å²) in [7, 11) is 1.46. The van der Waals surface area contributed by atoms with Crippen molar-refractivity contribution in [2.24, 2.45) is 5.10 Å². The number of methoxy groups -OCH3 is 1. The van der Waals surface area contributed by atoms with Gasteiger partial charge in [0, 0.05) is 21.0 Å². The molecule has 1 aromatic carbocycles. The third-order valence-corrected chi connectivity index (χ3v) is 5.05. The van der Waals surface area contributed by atoms with Crippen LogP contribution < -0.4 is 5.32 Å². The molecule has 15 heteroatoms. The molecular formula is C18H16Cl2N8O5. The summed E-state index contributed by atoms with van der Waals surface area (Å²) < 4.78 is 17.2. The molecule has 1 N–H and O–H groups in total. The summed E-state index contributed by atoms with van der Waals surface area (Å²) in [6, 6.07) is 4.91. The van der Waals surface area contributed by atoms with E-state index in [-0.39, 0.29) is 29.8 Å². The first kappa shape index (κ1) is 22.6. The van der Waals surface area contributed by atoms with Crippen molar-refractivity contribution < 1.29 is 23.7 Å². The maximum absolute atomic E-state index is 12.4. The van der Waals surface area contributed by atoms with Gasteiger partial charge in [0.05, 0.1) is 22.2 Å². The number of anilines is 1. The van der Waals surface area contributed by atoms with E-state index in [0.29, 0.717) is 21.3 Å². The molecule has 13 nitrogen and oxygen atoms in total. The molecule has 0 radical (unpaired) electrons. The van der Waals surface area contributed by atoms with Crippen molar-refractivity contribution in [1.29, 1.82) is 0 Å². The van der Waals surface area contributed by atoms with Gasteiger partial charge >= 0.3 is 0 Å². The summed E-state index contributed by atoms with van der Waals surface area (Å²) in [4.78, 5) is 23.8. The van der Waals surface area contributed by atoms with Gasteiger partial charge in [-0.25, -0.2) is 4.63 Å². The van der Waals surface area contributed by atoms with E-state index in [0.717, 1.165) is 5.01 Å². The smallest absolute Gasteiger partial charge is 0.244 e. The molecule has 0 aliphatic carbocycles. The summed E-state index contributed by atoms with van der Waals surface area (Å²) in [5, 5.41) is 24.1. The highest BCUT2D eigenvalue weighted by Crippen LogP contribution is 2.35. The highest BCUT2D eigenvalue weighted by Gasteiger charge is 2.39. The fourth-order valence-corrected chi connectivity index (χ4v) is 3.62.